The van der Waals surface area contributed by atoms with Crippen LogP contribution in [-0.2, 0) is 11.3 Å². The largest absolute Gasteiger partial charge is 0.492 e. The summed E-state index contributed by atoms with van der Waals surface area (Å²) in [5, 5.41) is 4.82. The average molecular weight is 391 g/mol. The van der Waals surface area contributed by atoms with E-state index in [1.807, 2.05) is 54.6 Å². The Kier molecular flexibility index (Phi) is 6.34. The molecule has 2 aromatic carbocycles. The van der Waals surface area contributed by atoms with Crippen molar-refractivity contribution in [2.45, 2.75) is 6.54 Å². The number of fused-ring (bicyclic) bond motifs is 1. The standard InChI is InChI=1S/C23H25N3O3/c27-23(22-21-7-2-1-5-19(21)8-9-24-22)25-17-18-4-3-6-20(16-18)29-15-12-26-10-13-28-14-11-26/h1-9,16H,10-15,17H2,(H,25,27). The van der Waals surface area contributed by atoms with Gasteiger partial charge in [-0.1, -0.05) is 36.4 Å². The third-order valence-corrected chi connectivity index (χ3v) is 5.02. The van der Waals surface area contributed by atoms with Gasteiger partial charge in [0.2, 0.25) is 0 Å². The molecule has 29 heavy (non-hydrogen) atoms. The molecule has 0 saturated carbocycles. The van der Waals surface area contributed by atoms with Crippen LogP contribution in [0.3, 0.4) is 0 Å². The molecule has 1 aromatic heterocycles. The van der Waals surface area contributed by atoms with Crippen molar-refractivity contribution in [1.29, 1.82) is 0 Å². The molecule has 3 aromatic rings. The number of rotatable bonds is 7. The molecule has 0 atom stereocenters. The maximum Gasteiger partial charge on any atom is 0.270 e. The number of aromatic nitrogens is 1. The number of carbonyl (C=O) groups excluding carboxylic acids is 1. The fourth-order valence-electron chi connectivity index (χ4n) is 3.43. The highest BCUT2D eigenvalue weighted by molar-refractivity contribution is 6.05. The fraction of sp³-hybridized carbons (Fsp3) is 0.304. The molecule has 2 heterocycles. The topological polar surface area (TPSA) is 63.7 Å². The summed E-state index contributed by atoms with van der Waals surface area (Å²) in [6.07, 6.45) is 1.67. The maximum absolute atomic E-state index is 12.6. The molecule has 4 rings (SSSR count). The van der Waals surface area contributed by atoms with Gasteiger partial charge in [0, 0.05) is 37.8 Å². The van der Waals surface area contributed by atoms with E-state index in [-0.39, 0.29) is 5.91 Å². The van der Waals surface area contributed by atoms with E-state index < -0.39 is 0 Å². The highest BCUT2D eigenvalue weighted by Crippen LogP contribution is 2.17. The summed E-state index contributed by atoms with van der Waals surface area (Å²) >= 11 is 0. The Hall–Kier alpha value is -2.96. The first kappa shape index (κ1) is 19.4. The summed E-state index contributed by atoms with van der Waals surface area (Å²) < 4.78 is 11.3. The van der Waals surface area contributed by atoms with Crippen LogP contribution < -0.4 is 10.1 Å². The van der Waals surface area contributed by atoms with E-state index in [9.17, 15) is 4.79 Å². The average Bonchev–Trinajstić information content (AvgIpc) is 2.78. The van der Waals surface area contributed by atoms with Gasteiger partial charge in [-0.15, -0.1) is 0 Å². The highest BCUT2D eigenvalue weighted by Gasteiger charge is 2.12. The van der Waals surface area contributed by atoms with E-state index in [0.717, 1.165) is 54.9 Å². The van der Waals surface area contributed by atoms with E-state index in [0.29, 0.717) is 18.8 Å². The fourth-order valence-corrected chi connectivity index (χ4v) is 3.43. The number of carbonyl (C=O) groups is 1. The first-order valence-electron chi connectivity index (χ1n) is 9.93. The van der Waals surface area contributed by atoms with E-state index >= 15 is 0 Å². The predicted molar refractivity (Wildman–Crippen MR) is 112 cm³/mol. The highest BCUT2D eigenvalue weighted by atomic mass is 16.5. The Morgan fingerprint density at radius 2 is 1.97 bits per heavy atom. The Balaban J connectivity index is 1.32. The van der Waals surface area contributed by atoms with Crippen molar-refractivity contribution in [2.24, 2.45) is 0 Å². The molecule has 1 N–H and O–H groups in total. The first-order chi connectivity index (χ1) is 14.3. The summed E-state index contributed by atoms with van der Waals surface area (Å²) in [7, 11) is 0. The first-order valence-corrected chi connectivity index (χ1v) is 9.93. The minimum Gasteiger partial charge on any atom is -0.492 e. The molecule has 150 valence electrons. The molecule has 0 unspecified atom stereocenters. The van der Waals surface area contributed by atoms with Gasteiger partial charge in [0.1, 0.15) is 18.1 Å². The van der Waals surface area contributed by atoms with E-state index in [2.05, 4.69) is 15.2 Å². The van der Waals surface area contributed by atoms with E-state index in [4.69, 9.17) is 9.47 Å². The van der Waals surface area contributed by atoms with Crippen molar-refractivity contribution in [2.75, 3.05) is 39.5 Å². The number of pyridine rings is 1. The van der Waals surface area contributed by atoms with Crippen molar-refractivity contribution in [1.82, 2.24) is 15.2 Å². The van der Waals surface area contributed by atoms with Crippen LogP contribution in [-0.4, -0.2) is 55.2 Å². The summed E-state index contributed by atoms with van der Waals surface area (Å²) in [5.41, 5.74) is 1.43. The Morgan fingerprint density at radius 1 is 1.10 bits per heavy atom. The molecule has 6 nitrogen and oxygen atoms in total. The number of hydrogen-bond acceptors (Lipinski definition) is 5. The third kappa shape index (κ3) is 5.10. The predicted octanol–water partition coefficient (Wildman–Crippen LogP) is 2.88. The van der Waals surface area contributed by atoms with Crippen LogP contribution in [0, 0.1) is 0 Å². The maximum atomic E-state index is 12.6. The van der Waals surface area contributed by atoms with E-state index in [1.54, 1.807) is 6.20 Å². The summed E-state index contributed by atoms with van der Waals surface area (Å²) in [6, 6.07) is 17.5. The third-order valence-electron chi connectivity index (χ3n) is 5.02. The Labute approximate surface area is 170 Å². The molecule has 1 amide bonds. The Bertz CT molecular complexity index is 965. The van der Waals surface area contributed by atoms with Crippen LogP contribution in [0.4, 0.5) is 0 Å². The summed E-state index contributed by atoms with van der Waals surface area (Å²) in [6.45, 7) is 5.44. The van der Waals surface area contributed by atoms with Crippen molar-refractivity contribution >= 4 is 16.7 Å². The number of ether oxygens (including phenoxy) is 2. The minimum absolute atomic E-state index is 0.180. The van der Waals surface area contributed by atoms with Crippen LogP contribution >= 0.6 is 0 Å². The van der Waals surface area contributed by atoms with Crippen LogP contribution in [0.15, 0.2) is 60.8 Å². The van der Waals surface area contributed by atoms with Gasteiger partial charge in [-0.05, 0) is 29.1 Å². The van der Waals surface area contributed by atoms with Crippen LogP contribution in [0.5, 0.6) is 5.75 Å². The molecule has 6 heteroatoms. The molecule has 1 aliphatic rings. The zero-order valence-corrected chi connectivity index (χ0v) is 16.3. The number of hydrogen-bond donors (Lipinski definition) is 1. The van der Waals surface area contributed by atoms with Gasteiger partial charge in [0.15, 0.2) is 0 Å². The number of morpholine rings is 1. The molecule has 0 radical (unpaired) electrons. The van der Waals surface area contributed by atoms with Crippen LogP contribution in [0.2, 0.25) is 0 Å². The molecule has 1 saturated heterocycles. The molecular weight excluding hydrogens is 366 g/mol. The molecule has 0 spiro atoms. The molecule has 1 aliphatic heterocycles. The Morgan fingerprint density at radius 3 is 2.86 bits per heavy atom. The minimum atomic E-state index is -0.180. The molecule has 0 bridgehead atoms. The van der Waals surface area contributed by atoms with Gasteiger partial charge in [-0.25, -0.2) is 0 Å². The normalized spacial score (nSPS) is 14.6. The van der Waals surface area contributed by atoms with Crippen molar-refractivity contribution in [3.05, 3.63) is 72.1 Å². The molecule has 0 aliphatic carbocycles. The van der Waals surface area contributed by atoms with Gasteiger partial charge in [-0.2, -0.15) is 0 Å². The van der Waals surface area contributed by atoms with Crippen molar-refractivity contribution < 1.29 is 14.3 Å². The second-order valence-corrected chi connectivity index (χ2v) is 7.01. The van der Waals surface area contributed by atoms with Gasteiger partial charge >= 0.3 is 0 Å². The summed E-state index contributed by atoms with van der Waals surface area (Å²) in [4.78, 5) is 19.3. The van der Waals surface area contributed by atoms with Gasteiger partial charge in [0.05, 0.1) is 13.2 Å². The smallest absolute Gasteiger partial charge is 0.270 e. The second kappa shape index (κ2) is 9.49. The lowest BCUT2D eigenvalue weighted by atomic mass is 10.1. The number of amides is 1. The quantitative estimate of drug-likeness (QED) is 0.671. The SMILES string of the molecule is O=C(NCc1cccc(OCCN2CCOCC2)c1)c1nccc2ccccc12. The zero-order chi connectivity index (χ0) is 19.9. The van der Waals surface area contributed by atoms with Gasteiger partial charge in [0.25, 0.3) is 5.91 Å². The van der Waals surface area contributed by atoms with Crippen molar-refractivity contribution in [3.8, 4) is 5.75 Å². The summed E-state index contributed by atoms with van der Waals surface area (Å²) in [5.74, 6) is 0.633. The van der Waals surface area contributed by atoms with Gasteiger partial charge < -0.3 is 14.8 Å². The lowest BCUT2D eigenvalue weighted by Gasteiger charge is -2.26. The molecular formula is C23H25N3O3. The number of benzene rings is 2. The molecule has 1 fully saturated rings. The van der Waals surface area contributed by atoms with Crippen molar-refractivity contribution in [3.63, 3.8) is 0 Å². The lowest BCUT2D eigenvalue weighted by Crippen LogP contribution is -2.38. The van der Waals surface area contributed by atoms with Crippen LogP contribution in [0.1, 0.15) is 16.1 Å². The number of nitrogens with one attached hydrogen (secondary N) is 1. The van der Waals surface area contributed by atoms with Crippen LogP contribution in [0.25, 0.3) is 10.8 Å². The second-order valence-electron chi connectivity index (χ2n) is 7.01. The van der Waals surface area contributed by atoms with E-state index in [1.165, 1.54) is 0 Å². The lowest BCUT2D eigenvalue weighted by molar-refractivity contribution is 0.0322. The monoisotopic (exact) mass is 391 g/mol. The zero-order valence-electron chi connectivity index (χ0n) is 16.3. The number of nitrogens with zero attached hydrogens (tertiary/aromatic N) is 2. The van der Waals surface area contributed by atoms with Gasteiger partial charge in [-0.3, -0.25) is 14.7 Å².